The van der Waals surface area contributed by atoms with Crippen molar-refractivity contribution in [2.45, 2.75) is 25.9 Å². The van der Waals surface area contributed by atoms with E-state index < -0.39 is 17.3 Å². The molecule has 0 aliphatic carbocycles. The van der Waals surface area contributed by atoms with Gasteiger partial charge in [0.05, 0.1) is 0 Å². The number of Topliss-reactive ketones (excluding diaryl/α,β-unsaturated/α-hetero) is 1. The Hall–Kier alpha value is -2.63. The molecular weight excluding hydrogens is 302 g/mol. The summed E-state index contributed by atoms with van der Waals surface area (Å²) in [6.07, 6.45) is 2.45. The van der Waals surface area contributed by atoms with E-state index in [1.54, 1.807) is 0 Å². The van der Waals surface area contributed by atoms with Gasteiger partial charge in [-0.15, -0.1) is 16.8 Å². The maximum Gasteiger partial charge on any atom is 0.183 e. The highest BCUT2D eigenvalue weighted by atomic mass is 19.1. The fraction of sp³-hybridized carbons (Fsp3) is 0.235. The number of allylic oxidation sites excluding steroid dienone is 4. The highest BCUT2D eigenvalue weighted by Crippen LogP contribution is 2.34. The van der Waals surface area contributed by atoms with E-state index in [1.807, 2.05) is 0 Å². The first-order chi connectivity index (χ1) is 10.7. The van der Waals surface area contributed by atoms with Crippen LogP contribution in [-0.4, -0.2) is 10.9 Å². The van der Waals surface area contributed by atoms with E-state index in [1.165, 1.54) is 32.1 Å². The normalized spacial score (nSPS) is 15.0. The summed E-state index contributed by atoms with van der Waals surface area (Å²) in [4.78, 5) is 11.3. The maximum atomic E-state index is 14.7. The number of alkyl halides is 1. The number of aliphatic hydroxyl groups excluding tert-OH is 1. The number of aliphatic hydroxyl groups is 1. The zero-order valence-electron chi connectivity index (χ0n) is 13.0. The molecule has 0 saturated carbocycles. The molecule has 1 unspecified atom stereocenters. The molecule has 0 aromatic heterocycles. The molecule has 0 fully saturated rings. The maximum absolute atomic E-state index is 14.7. The molecule has 0 bridgehead atoms. The second-order valence-corrected chi connectivity index (χ2v) is 4.92. The number of benzene rings is 1. The van der Waals surface area contributed by atoms with Gasteiger partial charge >= 0.3 is 0 Å². The van der Waals surface area contributed by atoms with Crippen molar-refractivity contribution in [3.63, 3.8) is 0 Å². The van der Waals surface area contributed by atoms with Gasteiger partial charge in [-0.25, -0.2) is 8.78 Å². The summed E-state index contributed by atoms with van der Waals surface area (Å²) in [6.45, 7) is 9.38. The Balaban J connectivity index is 3.32. The highest BCUT2D eigenvalue weighted by molar-refractivity contribution is 5.93. The van der Waals surface area contributed by atoms with E-state index in [4.69, 9.17) is 0 Å². The third-order valence-corrected chi connectivity index (χ3v) is 3.12. The van der Waals surface area contributed by atoms with Crippen molar-refractivity contribution in [1.82, 2.24) is 0 Å². The van der Waals surface area contributed by atoms with Crippen molar-refractivity contribution in [2.24, 2.45) is 10.2 Å². The fourth-order valence-electron chi connectivity index (χ4n) is 1.88. The molecule has 0 aliphatic rings. The number of nitrogens with zero attached hydrogens (tertiary/aromatic N) is 2. The van der Waals surface area contributed by atoms with E-state index in [0.29, 0.717) is 0 Å². The lowest BCUT2D eigenvalue weighted by atomic mass is 9.92. The molecule has 4 nitrogen and oxygen atoms in total. The van der Waals surface area contributed by atoms with E-state index in [9.17, 15) is 18.7 Å². The molecule has 1 aromatic rings. The Morgan fingerprint density at radius 3 is 2.52 bits per heavy atom. The second kappa shape index (κ2) is 7.58. The standard InChI is InChI=1S/C17H18F2N2O2/c1-5-9-17(19,6-2)13-7-8-14(18)15(10-13)20-21-16(11(3)22)12(4)23/h5-8,10,22H,1-2,9H2,3-4H3. The molecule has 0 radical (unpaired) electrons. The van der Waals surface area contributed by atoms with E-state index >= 15 is 0 Å². The molecule has 0 amide bonds. The van der Waals surface area contributed by atoms with Gasteiger partial charge in [0.1, 0.15) is 11.4 Å². The van der Waals surface area contributed by atoms with Crippen LogP contribution in [0.15, 0.2) is 65.2 Å². The molecule has 1 N–H and O–H groups in total. The number of hydrogen-bond acceptors (Lipinski definition) is 4. The molecule has 1 atom stereocenters. The minimum absolute atomic E-state index is 0.0347. The van der Waals surface area contributed by atoms with Gasteiger partial charge in [-0.1, -0.05) is 18.7 Å². The van der Waals surface area contributed by atoms with E-state index in [0.717, 1.165) is 12.1 Å². The smallest absolute Gasteiger partial charge is 0.183 e. The molecule has 0 aliphatic heterocycles. The predicted molar refractivity (Wildman–Crippen MR) is 84.7 cm³/mol. The summed E-state index contributed by atoms with van der Waals surface area (Å²) < 4.78 is 28.5. The molecule has 0 heterocycles. The largest absolute Gasteiger partial charge is 0.510 e. The van der Waals surface area contributed by atoms with Crippen LogP contribution in [0.3, 0.4) is 0 Å². The Kier molecular flexibility index (Phi) is 6.07. The second-order valence-electron chi connectivity index (χ2n) is 4.92. The van der Waals surface area contributed by atoms with Crippen molar-refractivity contribution in [1.29, 1.82) is 0 Å². The number of carbonyl (C=O) groups is 1. The van der Waals surface area contributed by atoms with E-state index in [-0.39, 0.29) is 29.1 Å². The lowest BCUT2D eigenvalue weighted by Gasteiger charge is -2.20. The van der Waals surface area contributed by atoms with Crippen LogP contribution in [0.2, 0.25) is 0 Å². The van der Waals surface area contributed by atoms with Gasteiger partial charge in [0.25, 0.3) is 0 Å². The molecule has 0 spiro atoms. The SMILES string of the molecule is C=CCC(F)(C=C)c1ccc(F)c(N=NC(C(C)=O)=C(C)O)c1. The Bertz CT molecular complexity index is 692. The number of rotatable bonds is 7. The summed E-state index contributed by atoms with van der Waals surface area (Å²) in [7, 11) is 0. The monoisotopic (exact) mass is 320 g/mol. The van der Waals surface area contributed by atoms with Crippen LogP contribution in [-0.2, 0) is 10.5 Å². The minimum atomic E-state index is -1.91. The highest BCUT2D eigenvalue weighted by Gasteiger charge is 2.27. The minimum Gasteiger partial charge on any atom is -0.510 e. The average molecular weight is 320 g/mol. The first kappa shape index (κ1) is 18.4. The zero-order chi connectivity index (χ0) is 17.6. The van der Waals surface area contributed by atoms with Crippen LogP contribution >= 0.6 is 0 Å². The van der Waals surface area contributed by atoms with Crippen molar-refractivity contribution in [3.8, 4) is 0 Å². The van der Waals surface area contributed by atoms with Crippen molar-refractivity contribution >= 4 is 11.5 Å². The fourth-order valence-corrected chi connectivity index (χ4v) is 1.88. The first-order valence-electron chi connectivity index (χ1n) is 6.81. The Labute approximate surface area is 133 Å². The quantitative estimate of drug-likeness (QED) is 0.324. The predicted octanol–water partition coefficient (Wildman–Crippen LogP) is 5.21. The van der Waals surface area contributed by atoms with Crippen molar-refractivity contribution in [2.75, 3.05) is 0 Å². The van der Waals surface area contributed by atoms with Gasteiger partial charge in [-0.3, -0.25) is 4.79 Å². The Morgan fingerprint density at radius 1 is 1.39 bits per heavy atom. The number of carbonyl (C=O) groups excluding carboxylic acids is 1. The summed E-state index contributed by atoms with van der Waals surface area (Å²) in [5, 5.41) is 16.5. The van der Waals surface area contributed by atoms with Crippen LogP contribution in [0, 0.1) is 5.82 Å². The van der Waals surface area contributed by atoms with Crippen molar-refractivity contribution in [3.05, 3.63) is 66.3 Å². The molecular formula is C17H18F2N2O2. The van der Waals surface area contributed by atoms with Crippen LogP contribution in [0.5, 0.6) is 0 Å². The number of hydrogen-bond donors (Lipinski definition) is 1. The Morgan fingerprint density at radius 2 is 2.04 bits per heavy atom. The van der Waals surface area contributed by atoms with Gasteiger partial charge < -0.3 is 5.11 Å². The summed E-state index contributed by atoms with van der Waals surface area (Å²) >= 11 is 0. The topological polar surface area (TPSA) is 62.0 Å². The van der Waals surface area contributed by atoms with Gasteiger partial charge in [-0.2, -0.15) is 0 Å². The molecule has 122 valence electrons. The van der Waals surface area contributed by atoms with Crippen LogP contribution in [0.25, 0.3) is 0 Å². The molecule has 1 rings (SSSR count). The number of azo groups is 1. The van der Waals surface area contributed by atoms with Gasteiger partial charge in [0.2, 0.25) is 0 Å². The summed E-state index contributed by atoms with van der Waals surface area (Å²) in [5.74, 6) is -1.60. The van der Waals surface area contributed by atoms with Crippen LogP contribution < -0.4 is 0 Å². The third-order valence-electron chi connectivity index (χ3n) is 3.12. The molecule has 23 heavy (non-hydrogen) atoms. The lowest BCUT2D eigenvalue weighted by Crippen LogP contribution is -2.15. The third kappa shape index (κ3) is 4.42. The summed E-state index contributed by atoms with van der Waals surface area (Å²) in [6, 6.07) is 3.50. The number of ketones is 1. The van der Waals surface area contributed by atoms with Crippen LogP contribution in [0.1, 0.15) is 25.8 Å². The van der Waals surface area contributed by atoms with Crippen LogP contribution in [0.4, 0.5) is 14.5 Å². The average Bonchev–Trinajstić information content (AvgIpc) is 2.48. The van der Waals surface area contributed by atoms with Gasteiger partial charge in [0.15, 0.2) is 23.0 Å². The van der Waals surface area contributed by atoms with Crippen molar-refractivity contribution < 1.29 is 18.7 Å². The first-order valence-corrected chi connectivity index (χ1v) is 6.81. The molecule has 6 heteroatoms. The number of halogens is 2. The molecule has 1 aromatic carbocycles. The van der Waals surface area contributed by atoms with Gasteiger partial charge in [-0.05, 0) is 30.7 Å². The zero-order valence-corrected chi connectivity index (χ0v) is 13.0. The lowest BCUT2D eigenvalue weighted by molar-refractivity contribution is -0.113. The molecule has 0 saturated heterocycles. The van der Waals surface area contributed by atoms with Gasteiger partial charge in [0, 0.05) is 13.3 Å². The van der Waals surface area contributed by atoms with E-state index in [2.05, 4.69) is 23.4 Å². The summed E-state index contributed by atoms with van der Waals surface area (Å²) in [5.41, 5.74) is -2.32.